The lowest BCUT2D eigenvalue weighted by molar-refractivity contribution is -0.185. The van der Waals surface area contributed by atoms with Gasteiger partial charge in [-0.3, -0.25) is 4.79 Å². The third-order valence-corrected chi connectivity index (χ3v) is 7.50. The molecule has 0 bridgehead atoms. The van der Waals surface area contributed by atoms with Crippen molar-refractivity contribution in [2.24, 2.45) is 11.8 Å². The van der Waals surface area contributed by atoms with Crippen LogP contribution in [-0.4, -0.2) is 37.9 Å². The summed E-state index contributed by atoms with van der Waals surface area (Å²) in [4.78, 5) is 12.5. The molecule has 5 nitrogen and oxygen atoms in total. The van der Waals surface area contributed by atoms with Gasteiger partial charge in [0.1, 0.15) is 0 Å². The molecule has 1 amide bonds. The average molecular weight is 418 g/mol. The van der Waals surface area contributed by atoms with Crippen LogP contribution in [0.25, 0.3) is 0 Å². The fraction of sp³-hybridized carbons (Fsp3) is 0.632. The number of carbonyl (C=O) groups is 1. The van der Waals surface area contributed by atoms with Gasteiger partial charge in [-0.2, -0.15) is 17.5 Å². The van der Waals surface area contributed by atoms with E-state index in [0.717, 1.165) is 19.3 Å². The summed E-state index contributed by atoms with van der Waals surface area (Å²) in [6, 6.07) is 5.83. The third kappa shape index (κ3) is 4.86. The highest BCUT2D eigenvalue weighted by Gasteiger charge is 2.43. The van der Waals surface area contributed by atoms with E-state index in [-0.39, 0.29) is 17.7 Å². The van der Waals surface area contributed by atoms with Gasteiger partial charge in [0.25, 0.3) is 0 Å². The van der Waals surface area contributed by atoms with Gasteiger partial charge in [-0.05, 0) is 56.4 Å². The summed E-state index contributed by atoms with van der Waals surface area (Å²) in [5.41, 5.74) is 0.386. The minimum atomic E-state index is -4.27. The van der Waals surface area contributed by atoms with Crippen molar-refractivity contribution in [1.29, 1.82) is 0 Å². The largest absolute Gasteiger partial charge is 0.391 e. The van der Waals surface area contributed by atoms with Crippen LogP contribution in [0.5, 0.6) is 0 Å². The Bertz CT molecular complexity index is 788. The fourth-order valence-corrected chi connectivity index (χ4v) is 5.45. The number of piperidine rings is 1. The highest BCUT2D eigenvalue weighted by Crippen LogP contribution is 2.40. The summed E-state index contributed by atoms with van der Waals surface area (Å²) in [6.45, 7) is 1.01. The van der Waals surface area contributed by atoms with E-state index in [9.17, 15) is 26.4 Å². The summed E-state index contributed by atoms with van der Waals surface area (Å²) in [5.74, 6) is -2.56. The summed E-state index contributed by atoms with van der Waals surface area (Å²) in [6.07, 6.45) is -0.902. The van der Waals surface area contributed by atoms with E-state index in [0.29, 0.717) is 31.6 Å². The first-order valence-corrected chi connectivity index (χ1v) is 11.1. The van der Waals surface area contributed by atoms with Crippen molar-refractivity contribution >= 4 is 21.6 Å². The Labute approximate surface area is 163 Å². The van der Waals surface area contributed by atoms with Gasteiger partial charge < -0.3 is 5.32 Å². The number of halogens is 3. The number of benzene rings is 1. The zero-order valence-electron chi connectivity index (χ0n) is 15.5. The molecule has 28 heavy (non-hydrogen) atoms. The molecule has 9 heteroatoms. The maximum atomic E-state index is 12.9. The van der Waals surface area contributed by atoms with Gasteiger partial charge in [-0.1, -0.05) is 12.8 Å². The van der Waals surface area contributed by atoms with Crippen LogP contribution in [0, 0.1) is 11.8 Å². The Balaban J connectivity index is 1.63. The quantitative estimate of drug-likeness (QED) is 0.798. The van der Waals surface area contributed by atoms with Crippen LogP contribution in [0.4, 0.5) is 18.9 Å². The summed E-state index contributed by atoms with van der Waals surface area (Å²) < 4.78 is 65.5. The van der Waals surface area contributed by atoms with E-state index in [1.165, 1.54) is 28.6 Å². The number of nitrogens with one attached hydrogen (secondary N) is 1. The van der Waals surface area contributed by atoms with Crippen molar-refractivity contribution < 1.29 is 26.4 Å². The third-order valence-electron chi connectivity index (χ3n) is 5.58. The van der Waals surface area contributed by atoms with Crippen LogP contribution in [0.1, 0.15) is 44.9 Å². The Morgan fingerprint density at radius 1 is 1.00 bits per heavy atom. The monoisotopic (exact) mass is 418 g/mol. The van der Waals surface area contributed by atoms with Crippen LogP contribution < -0.4 is 5.32 Å². The van der Waals surface area contributed by atoms with Crippen LogP contribution in [-0.2, 0) is 14.8 Å². The van der Waals surface area contributed by atoms with E-state index in [1.54, 1.807) is 0 Å². The van der Waals surface area contributed by atoms with E-state index < -0.39 is 33.9 Å². The molecule has 0 aromatic heterocycles. The maximum absolute atomic E-state index is 12.9. The number of rotatable bonds is 4. The Morgan fingerprint density at radius 2 is 1.64 bits per heavy atom. The number of hydrogen-bond donors (Lipinski definition) is 1. The van der Waals surface area contributed by atoms with E-state index in [4.69, 9.17) is 0 Å². The first kappa shape index (κ1) is 21.1. The molecule has 1 aromatic rings. The second-order valence-electron chi connectivity index (χ2n) is 7.58. The number of nitrogens with zero attached hydrogens (tertiary/aromatic N) is 1. The highest BCUT2D eigenvalue weighted by atomic mass is 32.2. The Kier molecular flexibility index (Phi) is 6.34. The SMILES string of the molecule is O=C(Nc1ccc(S(=O)(=O)N2CCCCC2)cc1)[C@H]1CCC[C@H](C(F)(F)F)C1. The van der Waals surface area contributed by atoms with Crippen molar-refractivity contribution in [1.82, 2.24) is 4.31 Å². The molecule has 1 N–H and O–H groups in total. The minimum Gasteiger partial charge on any atom is -0.326 e. The average Bonchev–Trinajstić information content (AvgIpc) is 2.68. The van der Waals surface area contributed by atoms with Crippen LogP contribution in [0.15, 0.2) is 29.2 Å². The second-order valence-corrected chi connectivity index (χ2v) is 9.52. The van der Waals surface area contributed by atoms with Crippen molar-refractivity contribution in [2.45, 2.75) is 56.0 Å². The molecule has 1 aliphatic carbocycles. The molecule has 0 radical (unpaired) electrons. The molecule has 0 unspecified atom stereocenters. The number of carbonyl (C=O) groups excluding carboxylic acids is 1. The van der Waals surface area contributed by atoms with Crippen LogP contribution in [0.3, 0.4) is 0 Å². The molecule has 2 fully saturated rings. The van der Waals surface area contributed by atoms with Gasteiger partial charge in [-0.25, -0.2) is 8.42 Å². The normalized spacial score (nSPS) is 24.7. The number of alkyl halides is 3. The lowest BCUT2D eigenvalue weighted by Gasteiger charge is -2.29. The van der Waals surface area contributed by atoms with Crippen molar-refractivity contribution in [3.63, 3.8) is 0 Å². The molecule has 0 spiro atoms. The molecule has 1 heterocycles. The first-order chi connectivity index (χ1) is 13.2. The molecule has 156 valence electrons. The Hall–Kier alpha value is -1.61. The predicted octanol–water partition coefficient (Wildman–Crippen LogP) is 4.17. The van der Waals surface area contributed by atoms with Crippen LogP contribution >= 0.6 is 0 Å². The summed E-state index contributed by atoms with van der Waals surface area (Å²) >= 11 is 0. The van der Waals surface area contributed by atoms with E-state index in [1.807, 2.05) is 0 Å². The molecule has 2 atom stereocenters. The topological polar surface area (TPSA) is 66.5 Å². The van der Waals surface area contributed by atoms with Crippen molar-refractivity contribution in [3.05, 3.63) is 24.3 Å². The predicted molar refractivity (Wildman–Crippen MR) is 99.2 cm³/mol. The fourth-order valence-electron chi connectivity index (χ4n) is 3.93. The standard InChI is InChI=1S/C19H25F3N2O3S/c20-19(21,22)15-6-4-5-14(13-15)18(25)23-16-7-9-17(10-8-16)28(26,27)24-11-2-1-3-12-24/h7-10,14-15H,1-6,11-13H2,(H,23,25)/t14-,15-/m0/s1. The summed E-state index contributed by atoms with van der Waals surface area (Å²) in [7, 11) is -3.56. The minimum absolute atomic E-state index is 0.0658. The molecule has 1 saturated heterocycles. The molecule has 1 aliphatic heterocycles. The van der Waals surface area contributed by atoms with Gasteiger partial charge in [-0.15, -0.1) is 0 Å². The number of amides is 1. The highest BCUT2D eigenvalue weighted by molar-refractivity contribution is 7.89. The van der Waals surface area contributed by atoms with Gasteiger partial charge in [0, 0.05) is 24.7 Å². The number of hydrogen-bond acceptors (Lipinski definition) is 3. The van der Waals surface area contributed by atoms with Crippen LogP contribution in [0.2, 0.25) is 0 Å². The lowest BCUT2D eigenvalue weighted by Crippen LogP contribution is -2.35. The van der Waals surface area contributed by atoms with Crippen molar-refractivity contribution in [2.75, 3.05) is 18.4 Å². The first-order valence-electron chi connectivity index (χ1n) is 9.66. The van der Waals surface area contributed by atoms with E-state index in [2.05, 4.69) is 5.32 Å². The Morgan fingerprint density at radius 3 is 2.25 bits per heavy atom. The molecular weight excluding hydrogens is 393 g/mol. The smallest absolute Gasteiger partial charge is 0.326 e. The van der Waals surface area contributed by atoms with Gasteiger partial charge in [0.15, 0.2) is 0 Å². The van der Waals surface area contributed by atoms with E-state index >= 15 is 0 Å². The molecule has 2 aliphatic rings. The molecule has 1 saturated carbocycles. The zero-order valence-corrected chi connectivity index (χ0v) is 16.4. The lowest BCUT2D eigenvalue weighted by atomic mass is 9.80. The number of sulfonamides is 1. The maximum Gasteiger partial charge on any atom is 0.391 e. The molecule has 3 rings (SSSR count). The van der Waals surface area contributed by atoms with Gasteiger partial charge in [0.2, 0.25) is 15.9 Å². The second kappa shape index (κ2) is 8.41. The van der Waals surface area contributed by atoms with Gasteiger partial charge >= 0.3 is 6.18 Å². The molecule has 1 aromatic carbocycles. The summed E-state index contributed by atoms with van der Waals surface area (Å²) in [5, 5.41) is 2.63. The van der Waals surface area contributed by atoms with Crippen molar-refractivity contribution in [3.8, 4) is 0 Å². The number of anilines is 1. The molecular formula is C19H25F3N2O3S. The van der Waals surface area contributed by atoms with Gasteiger partial charge in [0.05, 0.1) is 10.8 Å². The zero-order chi connectivity index (χ0) is 20.4.